The van der Waals surface area contributed by atoms with Gasteiger partial charge in [-0.1, -0.05) is 6.92 Å². The van der Waals surface area contributed by atoms with Crippen LogP contribution in [0.3, 0.4) is 0 Å². The summed E-state index contributed by atoms with van der Waals surface area (Å²) in [5.74, 6) is -1.70. The number of amides is 1. The standard InChI is InChI=1S/C13H22N2O5/c1-2-4-15(10-8-19-7-9(10)13(17)18)12(16)11-6-14-3-5-20-11/h9-11,14H,2-8H2,1H3,(H,17,18). The molecule has 7 heteroatoms. The Morgan fingerprint density at radius 2 is 2.20 bits per heavy atom. The fraction of sp³-hybridized carbons (Fsp3) is 0.846. The average molecular weight is 286 g/mol. The Labute approximate surface area is 118 Å². The van der Waals surface area contributed by atoms with Gasteiger partial charge >= 0.3 is 5.97 Å². The van der Waals surface area contributed by atoms with Crippen LogP contribution in [0.15, 0.2) is 0 Å². The largest absolute Gasteiger partial charge is 0.481 e. The lowest BCUT2D eigenvalue weighted by Crippen LogP contribution is -2.54. The van der Waals surface area contributed by atoms with Gasteiger partial charge in [0.25, 0.3) is 5.91 Å². The number of carboxylic acid groups (broad SMARTS) is 1. The number of carbonyl (C=O) groups is 2. The molecule has 2 fully saturated rings. The summed E-state index contributed by atoms with van der Waals surface area (Å²) in [4.78, 5) is 25.4. The third-order valence-electron chi connectivity index (χ3n) is 3.72. The summed E-state index contributed by atoms with van der Waals surface area (Å²) in [6.45, 7) is 4.65. The lowest BCUT2D eigenvalue weighted by molar-refractivity contribution is -0.151. The highest BCUT2D eigenvalue weighted by Gasteiger charge is 2.41. The van der Waals surface area contributed by atoms with Crippen molar-refractivity contribution in [1.82, 2.24) is 10.2 Å². The smallest absolute Gasteiger partial charge is 0.311 e. The summed E-state index contributed by atoms with van der Waals surface area (Å²) in [6, 6.07) is -0.398. The fourth-order valence-corrected chi connectivity index (χ4v) is 2.68. The Kier molecular flexibility index (Phi) is 5.33. The number of aliphatic carboxylic acids is 1. The molecular formula is C13H22N2O5. The van der Waals surface area contributed by atoms with E-state index in [1.54, 1.807) is 4.90 Å². The van der Waals surface area contributed by atoms with E-state index in [-0.39, 0.29) is 19.1 Å². The summed E-state index contributed by atoms with van der Waals surface area (Å²) < 4.78 is 10.7. The first-order valence-electron chi connectivity index (χ1n) is 7.08. The maximum atomic E-state index is 12.6. The number of nitrogens with one attached hydrogen (secondary N) is 1. The lowest BCUT2D eigenvalue weighted by Gasteiger charge is -2.34. The minimum absolute atomic E-state index is 0.138. The molecule has 0 saturated carbocycles. The predicted molar refractivity (Wildman–Crippen MR) is 70.3 cm³/mol. The van der Waals surface area contributed by atoms with E-state index in [0.29, 0.717) is 19.7 Å². The molecule has 0 aromatic carbocycles. The van der Waals surface area contributed by atoms with Crippen molar-refractivity contribution in [2.45, 2.75) is 25.5 Å². The van der Waals surface area contributed by atoms with Crippen molar-refractivity contribution in [2.75, 3.05) is 39.5 Å². The van der Waals surface area contributed by atoms with Gasteiger partial charge in [-0.25, -0.2) is 0 Å². The Morgan fingerprint density at radius 3 is 2.80 bits per heavy atom. The van der Waals surface area contributed by atoms with E-state index in [1.807, 2.05) is 6.92 Å². The van der Waals surface area contributed by atoms with Crippen molar-refractivity contribution in [3.8, 4) is 0 Å². The minimum Gasteiger partial charge on any atom is -0.481 e. The van der Waals surface area contributed by atoms with Crippen LogP contribution in [0.5, 0.6) is 0 Å². The lowest BCUT2D eigenvalue weighted by atomic mass is 10.0. The molecule has 0 spiro atoms. The molecule has 114 valence electrons. The van der Waals surface area contributed by atoms with Crippen LogP contribution in [0.2, 0.25) is 0 Å². The summed E-state index contributed by atoms with van der Waals surface area (Å²) in [5, 5.41) is 12.3. The molecule has 0 aliphatic carbocycles. The second-order valence-corrected chi connectivity index (χ2v) is 5.14. The first-order valence-corrected chi connectivity index (χ1v) is 7.08. The van der Waals surface area contributed by atoms with Crippen molar-refractivity contribution >= 4 is 11.9 Å². The van der Waals surface area contributed by atoms with Crippen LogP contribution in [-0.2, 0) is 19.1 Å². The van der Waals surface area contributed by atoms with Gasteiger partial charge in [-0.15, -0.1) is 0 Å². The Morgan fingerprint density at radius 1 is 1.40 bits per heavy atom. The molecule has 2 N–H and O–H groups in total. The number of carbonyl (C=O) groups excluding carboxylic acids is 1. The zero-order valence-electron chi connectivity index (χ0n) is 11.7. The highest BCUT2D eigenvalue weighted by molar-refractivity contribution is 5.83. The third-order valence-corrected chi connectivity index (χ3v) is 3.72. The first kappa shape index (κ1) is 15.2. The molecule has 0 radical (unpaired) electrons. The molecule has 2 rings (SSSR count). The number of ether oxygens (including phenoxy) is 2. The topological polar surface area (TPSA) is 88.1 Å². The van der Waals surface area contributed by atoms with Gasteiger partial charge in [0.05, 0.1) is 25.9 Å². The van der Waals surface area contributed by atoms with Gasteiger partial charge in [0.1, 0.15) is 12.0 Å². The van der Waals surface area contributed by atoms with Crippen molar-refractivity contribution in [3.63, 3.8) is 0 Å². The first-order chi connectivity index (χ1) is 9.65. The molecule has 2 aliphatic heterocycles. The van der Waals surface area contributed by atoms with Crippen LogP contribution in [0, 0.1) is 5.92 Å². The number of rotatable bonds is 5. The molecular weight excluding hydrogens is 264 g/mol. The molecule has 3 unspecified atom stereocenters. The van der Waals surface area contributed by atoms with Gasteiger partial charge in [-0.3, -0.25) is 9.59 Å². The zero-order valence-corrected chi connectivity index (χ0v) is 11.7. The Bertz CT molecular complexity index is 357. The van der Waals surface area contributed by atoms with Crippen molar-refractivity contribution < 1.29 is 24.2 Å². The number of hydrogen-bond acceptors (Lipinski definition) is 5. The molecule has 0 aromatic rings. The molecule has 7 nitrogen and oxygen atoms in total. The van der Waals surface area contributed by atoms with E-state index >= 15 is 0 Å². The molecule has 0 bridgehead atoms. The minimum atomic E-state index is -0.913. The summed E-state index contributed by atoms with van der Waals surface area (Å²) in [6.07, 6.45) is 0.250. The van der Waals surface area contributed by atoms with Crippen LogP contribution in [0.4, 0.5) is 0 Å². The van der Waals surface area contributed by atoms with Gasteiger partial charge in [0.15, 0.2) is 0 Å². The number of morpholine rings is 1. The third kappa shape index (κ3) is 3.28. The van der Waals surface area contributed by atoms with E-state index in [4.69, 9.17) is 9.47 Å². The van der Waals surface area contributed by atoms with E-state index < -0.39 is 24.0 Å². The number of hydrogen-bond donors (Lipinski definition) is 2. The maximum Gasteiger partial charge on any atom is 0.311 e. The van der Waals surface area contributed by atoms with Crippen LogP contribution in [-0.4, -0.2) is 73.5 Å². The van der Waals surface area contributed by atoms with E-state index in [1.165, 1.54) is 0 Å². The maximum absolute atomic E-state index is 12.6. The zero-order chi connectivity index (χ0) is 14.5. The van der Waals surface area contributed by atoms with Gasteiger partial charge in [-0.2, -0.15) is 0 Å². The SMILES string of the molecule is CCCN(C(=O)C1CNCCO1)C1COCC1C(=O)O. The number of carboxylic acids is 1. The van der Waals surface area contributed by atoms with E-state index in [0.717, 1.165) is 13.0 Å². The Balaban J connectivity index is 2.08. The highest BCUT2D eigenvalue weighted by atomic mass is 16.5. The number of nitrogens with zero attached hydrogens (tertiary/aromatic N) is 1. The Hall–Kier alpha value is -1.18. The van der Waals surface area contributed by atoms with Crippen LogP contribution < -0.4 is 5.32 Å². The van der Waals surface area contributed by atoms with E-state index in [9.17, 15) is 14.7 Å². The highest BCUT2D eigenvalue weighted by Crippen LogP contribution is 2.22. The van der Waals surface area contributed by atoms with Gasteiger partial charge in [0.2, 0.25) is 0 Å². The van der Waals surface area contributed by atoms with Crippen molar-refractivity contribution in [2.24, 2.45) is 5.92 Å². The van der Waals surface area contributed by atoms with Crippen LogP contribution >= 0.6 is 0 Å². The molecule has 0 aromatic heterocycles. The van der Waals surface area contributed by atoms with Crippen LogP contribution in [0.25, 0.3) is 0 Å². The van der Waals surface area contributed by atoms with Crippen molar-refractivity contribution in [3.05, 3.63) is 0 Å². The molecule has 20 heavy (non-hydrogen) atoms. The van der Waals surface area contributed by atoms with E-state index in [2.05, 4.69) is 5.32 Å². The molecule has 2 aliphatic rings. The van der Waals surface area contributed by atoms with Gasteiger partial charge in [0, 0.05) is 19.6 Å². The second kappa shape index (κ2) is 7.01. The predicted octanol–water partition coefficient (Wildman–Crippen LogP) is -0.687. The summed E-state index contributed by atoms with van der Waals surface area (Å²) in [7, 11) is 0. The quantitative estimate of drug-likeness (QED) is 0.696. The summed E-state index contributed by atoms with van der Waals surface area (Å²) >= 11 is 0. The summed E-state index contributed by atoms with van der Waals surface area (Å²) in [5.41, 5.74) is 0. The van der Waals surface area contributed by atoms with Crippen molar-refractivity contribution in [1.29, 1.82) is 0 Å². The van der Waals surface area contributed by atoms with Gasteiger partial charge in [-0.05, 0) is 6.42 Å². The van der Waals surface area contributed by atoms with Crippen LogP contribution in [0.1, 0.15) is 13.3 Å². The molecule has 2 heterocycles. The fourth-order valence-electron chi connectivity index (χ4n) is 2.68. The second-order valence-electron chi connectivity index (χ2n) is 5.14. The molecule has 3 atom stereocenters. The average Bonchev–Trinajstić information content (AvgIpc) is 2.94. The molecule has 2 saturated heterocycles. The monoisotopic (exact) mass is 286 g/mol. The molecule has 1 amide bonds. The normalized spacial score (nSPS) is 30.1. The van der Waals surface area contributed by atoms with Gasteiger partial charge < -0.3 is 24.8 Å².